The highest BCUT2D eigenvalue weighted by Gasteiger charge is 2.43. The van der Waals surface area contributed by atoms with E-state index >= 15 is 0 Å². The van der Waals surface area contributed by atoms with Crippen LogP contribution in [0.5, 0.6) is 0 Å². The number of carbonyl (C=O) groups excluding carboxylic acids is 2. The number of aliphatic hydroxyl groups is 4. The van der Waals surface area contributed by atoms with Crippen LogP contribution in [-0.2, 0) is 32.1 Å². The summed E-state index contributed by atoms with van der Waals surface area (Å²) in [6.45, 7) is 2.17. The Morgan fingerprint density at radius 1 is 0.614 bits per heavy atom. The summed E-state index contributed by atoms with van der Waals surface area (Å²) >= 11 is 0. The van der Waals surface area contributed by atoms with E-state index < -0.39 is 89.7 Å². The molecular weight excluding hydrogens is 1090 g/mol. The van der Waals surface area contributed by atoms with Crippen LogP contribution in [0.25, 0.3) is 0 Å². The second-order valence-electron chi connectivity index (χ2n) is 12.5. The molecule has 0 unspecified atom stereocenters. The first kappa shape index (κ1) is 78.9. The smallest absolute Gasteiger partial charge is 0.396 e. The first-order valence-corrected chi connectivity index (χ1v) is 27.7. The molecule has 0 aliphatic carbocycles. The number of primary amides is 1. The lowest BCUT2D eigenvalue weighted by molar-refractivity contribution is -0.0549. The summed E-state index contributed by atoms with van der Waals surface area (Å²) in [4.78, 5) is 165. The summed E-state index contributed by atoms with van der Waals surface area (Å²) in [7, 11) is -27.8. The molecule has 36 nitrogen and oxygen atoms in total. The van der Waals surface area contributed by atoms with Gasteiger partial charge < -0.3 is 125 Å². The lowest BCUT2D eigenvalue weighted by atomic mass is 10.1. The molecule has 416 valence electrons. The van der Waals surface area contributed by atoms with E-state index in [-0.39, 0.29) is 5.82 Å². The van der Waals surface area contributed by atoms with Crippen molar-refractivity contribution in [3.8, 4) is 0 Å². The number of nitrogens with zero attached hydrogens (tertiary/aromatic N) is 2. The average Bonchev–Trinajstić information content (AvgIpc) is 3.41. The van der Waals surface area contributed by atoms with Gasteiger partial charge in [0, 0.05) is 23.9 Å². The van der Waals surface area contributed by atoms with Gasteiger partial charge in [-0.25, -0.2) is 32.2 Å². The SMILES string of the molecule is CCCCCCCCCCCO.NC(=O)c1ccc(C=O)cc1.Nc1ccn([C@@H]2O[C@H](CO)[C@@H](O)[C@H]2O)c(=O)n1.O=P(O)(O)O.O=P(O)(O)O.O=P(O)(O)O.O=P(O)(O)O.O=P(O)(O)O.O=P(O)(O)O. The molecule has 4 atom stereocenters. The minimum Gasteiger partial charge on any atom is -0.396 e. The highest BCUT2D eigenvalue weighted by atomic mass is 31.2. The zero-order chi connectivity index (χ0) is 56.9. The fraction of sp³-hybridized carbons (Fsp3) is 0.571. The van der Waals surface area contributed by atoms with Crippen molar-refractivity contribution in [2.24, 2.45) is 5.73 Å². The highest BCUT2D eigenvalue weighted by Crippen LogP contribution is 2.29. The van der Waals surface area contributed by atoms with E-state index in [9.17, 15) is 24.6 Å². The van der Waals surface area contributed by atoms with Crippen LogP contribution in [0, 0.1) is 0 Å². The number of nitrogens with two attached hydrogens (primary N) is 2. The maximum absolute atomic E-state index is 11.5. The van der Waals surface area contributed by atoms with Crippen LogP contribution < -0.4 is 17.2 Å². The number of aliphatic hydroxyl groups excluding tert-OH is 4. The van der Waals surface area contributed by atoms with Gasteiger partial charge in [-0.15, -0.1) is 0 Å². The predicted octanol–water partition coefficient (Wildman–Crippen LogP) is -4.03. The third-order valence-corrected chi connectivity index (χ3v) is 6.24. The van der Waals surface area contributed by atoms with Crippen LogP contribution in [0.15, 0.2) is 41.3 Å². The first-order chi connectivity index (χ1) is 31.2. The van der Waals surface area contributed by atoms with Crippen molar-refractivity contribution in [3.05, 3.63) is 58.1 Å². The third-order valence-electron chi connectivity index (χ3n) is 6.24. The van der Waals surface area contributed by atoms with E-state index in [0.717, 1.165) is 11.0 Å². The molecule has 1 saturated heterocycles. The van der Waals surface area contributed by atoms with Crippen LogP contribution in [-0.4, -0.2) is 162 Å². The summed E-state index contributed by atoms with van der Waals surface area (Å²) in [6, 6.07) is 7.51. The summed E-state index contributed by atoms with van der Waals surface area (Å²) in [5, 5.41) is 36.7. The van der Waals surface area contributed by atoms with E-state index in [1.54, 1.807) is 12.1 Å². The molecule has 3 rings (SSSR count). The molecule has 1 aromatic heterocycles. The molecule has 0 bridgehead atoms. The molecule has 42 heteroatoms. The second-order valence-corrected chi connectivity index (χ2v) is 18.7. The highest BCUT2D eigenvalue weighted by molar-refractivity contribution is 7.46. The van der Waals surface area contributed by atoms with Crippen LogP contribution in [0.1, 0.15) is 91.7 Å². The Morgan fingerprint density at radius 3 is 1.20 bits per heavy atom. The predicted molar refractivity (Wildman–Crippen MR) is 236 cm³/mol. The van der Waals surface area contributed by atoms with Crippen molar-refractivity contribution in [3.63, 3.8) is 0 Å². The summed E-state index contributed by atoms with van der Waals surface area (Å²) in [5.74, 6) is -0.430. The topological polar surface area (TPSA) is 678 Å². The number of ether oxygens (including phenoxy) is 1. The van der Waals surface area contributed by atoms with Crippen LogP contribution >= 0.6 is 46.9 Å². The fourth-order valence-corrected chi connectivity index (χ4v) is 3.88. The van der Waals surface area contributed by atoms with Gasteiger partial charge >= 0.3 is 52.6 Å². The number of rotatable bonds is 13. The van der Waals surface area contributed by atoms with Gasteiger partial charge in [0.15, 0.2) is 6.23 Å². The zero-order valence-corrected chi connectivity index (χ0v) is 41.6. The molecule has 2 aromatic rings. The molecule has 0 saturated carbocycles. The largest absolute Gasteiger partial charge is 0.466 e. The van der Waals surface area contributed by atoms with Gasteiger partial charge in [-0.3, -0.25) is 14.2 Å². The molecule has 1 amide bonds. The molecule has 1 aliphatic rings. The van der Waals surface area contributed by atoms with Crippen molar-refractivity contribution in [1.82, 2.24) is 9.55 Å². The Bertz CT molecular complexity index is 1820. The van der Waals surface area contributed by atoms with Crippen LogP contribution in [0.2, 0.25) is 0 Å². The monoisotopic (exact) mass is 1150 g/mol. The van der Waals surface area contributed by atoms with E-state index in [1.165, 1.54) is 75.8 Å². The number of benzene rings is 1. The van der Waals surface area contributed by atoms with Crippen molar-refractivity contribution in [1.29, 1.82) is 0 Å². The second kappa shape index (κ2) is 40.9. The van der Waals surface area contributed by atoms with Crippen molar-refractivity contribution in [2.45, 2.75) is 89.3 Å². The number of aromatic nitrogens is 2. The fourth-order valence-electron chi connectivity index (χ4n) is 3.88. The Balaban J connectivity index is -0.000000174. The molecule has 70 heavy (non-hydrogen) atoms. The summed E-state index contributed by atoms with van der Waals surface area (Å²) in [5.41, 5.74) is 10.6. The molecule has 26 N–H and O–H groups in total. The van der Waals surface area contributed by atoms with Gasteiger partial charge in [0.05, 0.1) is 6.61 Å². The van der Waals surface area contributed by atoms with E-state index in [0.29, 0.717) is 24.0 Å². The van der Waals surface area contributed by atoms with Gasteiger partial charge in [0.1, 0.15) is 30.4 Å². The van der Waals surface area contributed by atoms with Crippen molar-refractivity contribution < 1.29 is 150 Å². The van der Waals surface area contributed by atoms with Crippen LogP contribution in [0.3, 0.4) is 0 Å². The number of phosphoric acid groups is 6. The van der Waals surface area contributed by atoms with E-state index in [2.05, 4.69) is 11.9 Å². The van der Waals surface area contributed by atoms with Crippen molar-refractivity contribution in [2.75, 3.05) is 18.9 Å². The molecule has 1 aromatic carbocycles. The van der Waals surface area contributed by atoms with E-state index in [4.69, 9.17) is 142 Å². The number of hydrogen-bond donors (Lipinski definition) is 24. The maximum Gasteiger partial charge on any atom is 0.466 e. The zero-order valence-electron chi connectivity index (χ0n) is 36.3. The number of unbranched alkanes of at least 4 members (excludes halogenated alkanes) is 8. The van der Waals surface area contributed by atoms with Gasteiger partial charge in [-0.05, 0) is 24.6 Å². The maximum atomic E-state index is 11.5. The molecule has 1 aliphatic heterocycles. The number of amides is 1. The Hall–Kier alpha value is -2.50. The standard InChI is InChI=1S/C11H24O.C9H13N3O5.C8H7NO2.6H3O4P/c1-2-3-4-5-6-7-8-9-10-11-12;10-5-1-2-12(9(16)11-5)8-7(15)6(14)4(3-13)17-8;9-8(11)7-3-1-6(5-10)2-4-7;6*1-5(2,3)4/h12H,2-11H2,1H3;1-2,4,6-8,13-15H,3H2,(H2,10,11,16);1-5H,(H2,9,11);6*(H3,1,2,3,4)/t;4-,6-,7-,8-;;;;;;;/m.1......./s1. The lowest BCUT2D eigenvalue weighted by Gasteiger charge is -2.16. The molecule has 2 heterocycles. The summed E-state index contributed by atoms with van der Waals surface area (Å²) in [6.07, 6.45) is 9.29. The molecule has 0 radical (unpaired) electrons. The molecular formula is C28H62N4O32P6. The number of carbonyl (C=O) groups is 2. The third kappa shape index (κ3) is 82.4. The minimum absolute atomic E-state index is 0.0537. The Morgan fingerprint density at radius 2 is 0.943 bits per heavy atom. The molecule has 1 fully saturated rings. The first-order valence-electron chi connectivity index (χ1n) is 18.3. The van der Waals surface area contributed by atoms with Crippen molar-refractivity contribution >= 4 is 64.9 Å². The normalized spacial score (nSPS) is 16.3. The average molecular weight is 1150 g/mol. The van der Waals surface area contributed by atoms with Gasteiger partial charge in [0.2, 0.25) is 5.91 Å². The number of aldehydes is 1. The number of anilines is 1. The Kier molecular flexibility index (Phi) is 46.1. The van der Waals surface area contributed by atoms with E-state index in [1.807, 2.05) is 0 Å². The van der Waals surface area contributed by atoms with Gasteiger partial charge in [-0.1, -0.05) is 70.4 Å². The quantitative estimate of drug-likeness (QED) is 0.0516. The van der Waals surface area contributed by atoms with Gasteiger partial charge in [-0.2, -0.15) is 4.98 Å². The number of hydrogen-bond acceptors (Lipinski definition) is 16. The number of nitrogen functional groups attached to an aromatic ring is 1. The minimum atomic E-state index is -4.64. The van der Waals surface area contributed by atoms with Crippen LogP contribution in [0.4, 0.5) is 5.82 Å². The summed E-state index contributed by atoms with van der Waals surface area (Å²) < 4.78 is 59.5. The lowest BCUT2D eigenvalue weighted by Crippen LogP contribution is -2.36. The Labute approximate surface area is 396 Å². The molecule has 0 spiro atoms. The van der Waals surface area contributed by atoms with Gasteiger partial charge in [0.25, 0.3) is 0 Å².